The Labute approximate surface area is 126 Å². The van der Waals surface area contributed by atoms with Gasteiger partial charge in [0.2, 0.25) is 0 Å². The van der Waals surface area contributed by atoms with Crippen LogP contribution in [0.15, 0.2) is 42.7 Å². The fourth-order valence-electron chi connectivity index (χ4n) is 2.13. The molecular formula is C17H22N4. The molecule has 4 heteroatoms. The summed E-state index contributed by atoms with van der Waals surface area (Å²) >= 11 is 0. The lowest BCUT2D eigenvalue weighted by Crippen LogP contribution is -2.22. The van der Waals surface area contributed by atoms with Crippen molar-refractivity contribution in [3.63, 3.8) is 0 Å². The van der Waals surface area contributed by atoms with Crippen LogP contribution in [0.4, 0.5) is 5.69 Å². The summed E-state index contributed by atoms with van der Waals surface area (Å²) in [5.41, 5.74) is 2.47. The summed E-state index contributed by atoms with van der Waals surface area (Å²) in [6.45, 7) is 6.03. The topological polar surface area (TPSA) is 53.6 Å². The molecule has 2 aromatic rings. The summed E-state index contributed by atoms with van der Waals surface area (Å²) in [5, 5.41) is 16.3. The van der Waals surface area contributed by atoms with E-state index in [0.29, 0.717) is 6.42 Å². The molecule has 0 fully saturated rings. The van der Waals surface area contributed by atoms with Gasteiger partial charge in [0.25, 0.3) is 0 Å². The second-order valence-electron chi connectivity index (χ2n) is 6.08. The molecule has 0 radical (unpaired) electrons. The maximum Gasteiger partial charge on any atom is 0.0659 e. The smallest absolute Gasteiger partial charge is 0.0659 e. The van der Waals surface area contributed by atoms with Crippen LogP contribution in [0, 0.1) is 16.7 Å². The number of rotatable bonds is 7. The maximum absolute atomic E-state index is 8.67. The fourth-order valence-corrected chi connectivity index (χ4v) is 2.13. The first kappa shape index (κ1) is 15.1. The number of nitriles is 1. The van der Waals surface area contributed by atoms with Crippen molar-refractivity contribution in [2.45, 2.75) is 33.2 Å². The van der Waals surface area contributed by atoms with E-state index in [2.05, 4.69) is 54.6 Å². The van der Waals surface area contributed by atoms with Gasteiger partial charge >= 0.3 is 0 Å². The third-order valence-corrected chi connectivity index (χ3v) is 3.54. The Morgan fingerprint density at radius 3 is 2.67 bits per heavy atom. The summed E-state index contributed by atoms with van der Waals surface area (Å²) in [6, 6.07) is 12.6. The van der Waals surface area contributed by atoms with Crippen molar-refractivity contribution in [3.8, 4) is 6.07 Å². The Balaban J connectivity index is 1.86. The van der Waals surface area contributed by atoms with Crippen molar-refractivity contribution in [1.29, 1.82) is 5.26 Å². The van der Waals surface area contributed by atoms with Crippen LogP contribution in [-0.4, -0.2) is 16.3 Å². The lowest BCUT2D eigenvalue weighted by molar-refractivity contribution is 0.364. The molecule has 0 bridgehead atoms. The average molecular weight is 282 g/mol. The summed E-state index contributed by atoms with van der Waals surface area (Å²) in [5.74, 6) is 0. The number of nitrogens with zero attached hydrogens (tertiary/aromatic N) is 3. The van der Waals surface area contributed by atoms with E-state index < -0.39 is 0 Å². The number of benzene rings is 1. The number of anilines is 1. The summed E-state index contributed by atoms with van der Waals surface area (Å²) < 4.78 is 1.91. The Kier molecular flexibility index (Phi) is 4.99. The normalized spacial score (nSPS) is 11.1. The van der Waals surface area contributed by atoms with Crippen molar-refractivity contribution < 1.29 is 0 Å². The molecule has 1 aromatic heterocycles. The Morgan fingerprint density at radius 1 is 1.29 bits per heavy atom. The summed E-state index contributed by atoms with van der Waals surface area (Å²) in [6.07, 6.45) is 5.27. The minimum Gasteiger partial charge on any atom is -0.385 e. The zero-order valence-corrected chi connectivity index (χ0v) is 12.7. The third-order valence-electron chi connectivity index (χ3n) is 3.54. The van der Waals surface area contributed by atoms with Crippen molar-refractivity contribution in [3.05, 3.63) is 48.3 Å². The number of hydrogen-bond acceptors (Lipinski definition) is 3. The highest BCUT2D eigenvalue weighted by molar-refractivity contribution is 5.44. The van der Waals surface area contributed by atoms with Crippen LogP contribution >= 0.6 is 0 Å². The Hall–Kier alpha value is -2.28. The van der Waals surface area contributed by atoms with Gasteiger partial charge in [-0.25, -0.2) is 0 Å². The molecule has 21 heavy (non-hydrogen) atoms. The van der Waals surface area contributed by atoms with Gasteiger partial charge in [-0.2, -0.15) is 10.4 Å². The van der Waals surface area contributed by atoms with E-state index in [1.54, 1.807) is 6.20 Å². The van der Waals surface area contributed by atoms with Crippen molar-refractivity contribution in [2.24, 2.45) is 5.41 Å². The summed E-state index contributed by atoms with van der Waals surface area (Å²) in [7, 11) is 0. The monoisotopic (exact) mass is 282 g/mol. The molecule has 1 heterocycles. The second-order valence-corrected chi connectivity index (χ2v) is 6.08. The fraction of sp³-hybridized carbons (Fsp3) is 0.412. The minimum atomic E-state index is 0.128. The van der Waals surface area contributed by atoms with E-state index >= 15 is 0 Å². The van der Waals surface area contributed by atoms with E-state index in [1.807, 2.05) is 16.9 Å². The minimum absolute atomic E-state index is 0.128. The van der Waals surface area contributed by atoms with E-state index in [4.69, 9.17) is 5.26 Å². The average Bonchev–Trinajstić information content (AvgIpc) is 2.98. The largest absolute Gasteiger partial charge is 0.385 e. The van der Waals surface area contributed by atoms with Gasteiger partial charge in [-0.1, -0.05) is 26.0 Å². The van der Waals surface area contributed by atoms with Gasteiger partial charge in [-0.3, -0.25) is 4.68 Å². The van der Waals surface area contributed by atoms with Crippen LogP contribution in [0.1, 0.15) is 32.3 Å². The molecule has 0 spiro atoms. The predicted molar refractivity (Wildman–Crippen MR) is 84.9 cm³/mol. The number of nitrogens with one attached hydrogen (secondary N) is 1. The van der Waals surface area contributed by atoms with Crippen LogP contribution in [0.3, 0.4) is 0 Å². The standard InChI is InChI=1S/C17H22N4/c1-17(2,9-3-10-18)14-19-16-7-5-15(6-8-16)13-21-12-4-11-20-21/h4-8,11-12,19H,3,9,13-14H2,1-2H3. The molecule has 0 amide bonds. The third kappa shape index (κ3) is 4.96. The molecule has 0 unspecified atom stereocenters. The van der Waals surface area contributed by atoms with Gasteiger partial charge in [0, 0.05) is 31.0 Å². The second kappa shape index (κ2) is 6.94. The zero-order chi connectivity index (χ0) is 15.1. The van der Waals surface area contributed by atoms with Gasteiger partial charge in [0.1, 0.15) is 0 Å². The van der Waals surface area contributed by atoms with Crippen molar-refractivity contribution >= 4 is 5.69 Å². The van der Waals surface area contributed by atoms with Gasteiger partial charge < -0.3 is 5.32 Å². The zero-order valence-electron chi connectivity index (χ0n) is 12.7. The van der Waals surface area contributed by atoms with Crippen molar-refractivity contribution in [2.75, 3.05) is 11.9 Å². The van der Waals surface area contributed by atoms with Gasteiger partial charge in [0.15, 0.2) is 0 Å². The first-order valence-electron chi connectivity index (χ1n) is 7.26. The molecule has 1 aromatic carbocycles. The molecule has 0 saturated heterocycles. The van der Waals surface area contributed by atoms with E-state index in [1.165, 1.54) is 5.56 Å². The SMILES string of the molecule is CC(C)(CCC#N)CNc1ccc(Cn2cccn2)cc1. The van der Waals surface area contributed by atoms with E-state index in [9.17, 15) is 0 Å². The molecular weight excluding hydrogens is 260 g/mol. The first-order valence-corrected chi connectivity index (χ1v) is 7.26. The van der Waals surface area contributed by atoms with Gasteiger partial charge in [-0.15, -0.1) is 0 Å². The Bertz CT molecular complexity index is 576. The van der Waals surface area contributed by atoms with E-state index in [0.717, 1.165) is 25.2 Å². The lowest BCUT2D eigenvalue weighted by atomic mass is 9.88. The molecule has 4 nitrogen and oxygen atoms in total. The number of hydrogen-bond donors (Lipinski definition) is 1. The molecule has 1 N–H and O–H groups in total. The number of aromatic nitrogens is 2. The Morgan fingerprint density at radius 2 is 2.05 bits per heavy atom. The van der Waals surface area contributed by atoms with Crippen LogP contribution in [0.25, 0.3) is 0 Å². The van der Waals surface area contributed by atoms with E-state index in [-0.39, 0.29) is 5.41 Å². The lowest BCUT2D eigenvalue weighted by Gasteiger charge is -2.24. The molecule has 0 saturated carbocycles. The molecule has 110 valence electrons. The highest BCUT2D eigenvalue weighted by atomic mass is 15.3. The van der Waals surface area contributed by atoms with Crippen LogP contribution in [0.2, 0.25) is 0 Å². The molecule has 0 aliphatic carbocycles. The van der Waals surface area contributed by atoms with Gasteiger partial charge in [-0.05, 0) is 35.6 Å². The highest BCUT2D eigenvalue weighted by Gasteiger charge is 2.16. The van der Waals surface area contributed by atoms with Crippen molar-refractivity contribution in [1.82, 2.24) is 9.78 Å². The molecule has 0 aliphatic rings. The van der Waals surface area contributed by atoms with Crippen LogP contribution < -0.4 is 5.32 Å². The quantitative estimate of drug-likeness (QED) is 0.843. The molecule has 0 atom stereocenters. The maximum atomic E-state index is 8.67. The molecule has 2 rings (SSSR count). The highest BCUT2D eigenvalue weighted by Crippen LogP contribution is 2.23. The molecule has 0 aliphatic heterocycles. The predicted octanol–water partition coefficient (Wildman–Crippen LogP) is 3.67. The van der Waals surface area contributed by atoms with Crippen LogP contribution in [-0.2, 0) is 6.54 Å². The summed E-state index contributed by atoms with van der Waals surface area (Å²) in [4.78, 5) is 0. The van der Waals surface area contributed by atoms with Gasteiger partial charge in [0.05, 0.1) is 12.6 Å². The first-order chi connectivity index (χ1) is 10.1. The van der Waals surface area contributed by atoms with Crippen LogP contribution in [0.5, 0.6) is 0 Å².